The maximum atomic E-state index is 13.1. The first-order chi connectivity index (χ1) is 13.6. The second-order valence-corrected chi connectivity index (χ2v) is 6.10. The maximum Gasteiger partial charge on any atom is 0.420 e. The number of aromatic nitrogens is 3. The molecule has 1 N–H and O–H groups in total. The van der Waals surface area contributed by atoms with E-state index in [9.17, 15) is 14.0 Å². The van der Waals surface area contributed by atoms with Gasteiger partial charge in [-0.2, -0.15) is 0 Å². The van der Waals surface area contributed by atoms with Gasteiger partial charge >= 0.3 is 5.76 Å². The predicted molar refractivity (Wildman–Crippen MR) is 99.7 cm³/mol. The van der Waals surface area contributed by atoms with Gasteiger partial charge in [0.1, 0.15) is 18.7 Å². The minimum absolute atomic E-state index is 0.161. The van der Waals surface area contributed by atoms with Crippen molar-refractivity contribution in [3.8, 4) is 11.3 Å². The average Bonchev–Trinajstić information content (AvgIpc) is 3.02. The van der Waals surface area contributed by atoms with Crippen molar-refractivity contribution in [1.82, 2.24) is 19.9 Å². The summed E-state index contributed by atoms with van der Waals surface area (Å²) in [4.78, 5) is 32.5. The molecule has 0 bridgehead atoms. The number of halogens is 1. The normalized spacial score (nSPS) is 10.9. The molecular formula is C20H15FN4O3. The number of oxazole rings is 1. The lowest BCUT2D eigenvalue weighted by Crippen LogP contribution is -2.30. The van der Waals surface area contributed by atoms with E-state index < -0.39 is 5.76 Å². The number of nitrogens with one attached hydrogen (secondary N) is 1. The molecule has 140 valence electrons. The van der Waals surface area contributed by atoms with Crippen molar-refractivity contribution in [2.24, 2.45) is 0 Å². The van der Waals surface area contributed by atoms with Crippen molar-refractivity contribution in [2.45, 2.75) is 13.1 Å². The Morgan fingerprint density at radius 3 is 2.71 bits per heavy atom. The zero-order valence-electron chi connectivity index (χ0n) is 14.6. The van der Waals surface area contributed by atoms with Gasteiger partial charge in [0.25, 0.3) is 0 Å². The van der Waals surface area contributed by atoms with Crippen LogP contribution in [0.5, 0.6) is 0 Å². The Labute approximate surface area is 158 Å². The Kier molecular flexibility index (Phi) is 4.67. The maximum absolute atomic E-state index is 13.1. The van der Waals surface area contributed by atoms with Crippen molar-refractivity contribution in [3.63, 3.8) is 0 Å². The van der Waals surface area contributed by atoms with E-state index in [1.54, 1.807) is 42.5 Å². The van der Waals surface area contributed by atoms with Crippen LogP contribution >= 0.6 is 0 Å². The largest absolute Gasteiger partial charge is 0.420 e. The topological polar surface area (TPSA) is 90.0 Å². The van der Waals surface area contributed by atoms with Crippen LogP contribution in [-0.2, 0) is 17.9 Å². The number of fused-ring (bicyclic) bond motifs is 1. The molecule has 0 saturated carbocycles. The van der Waals surface area contributed by atoms with Crippen molar-refractivity contribution < 1.29 is 13.6 Å². The summed E-state index contributed by atoms with van der Waals surface area (Å²) in [7, 11) is 0. The van der Waals surface area contributed by atoms with Crippen molar-refractivity contribution >= 4 is 17.0 Å². The van der Waals surface area contributed by atoms with Gasteiger partial charge in [-0.1, -0.05) is 12.1 Å². The van der Waals surface area contributed by atoms with Crippen molar-refractivity contribution in [2.75, 3.05) is 0 Å². The molecule has 7 nitrogen and oxygen atoms in total. The molecule has 2 heterocycles. The Morgan fingerprint density at radius 2 is 1.89 bits per heavy atom. The highest BCUT2D eigenvalue weighted by atomic mass is 19.1. The van der Waals surface area contributed by atoms with Crippen LogP contribution in [0.25, 0.3) is 22.4 Å². The summed E-state index contributed by atoms with van der Waals surface area (Å²) >= 11 is 0. The molecule has 4 rings (SSSR count). The summed E-state index contributed by atoms with van der Waals surface area (Å²) in [6, 6.07) is 14.6. The van der Waals surface area contributed by atoms with E-state index in [-0.39, 0.29) is 24.8 Å². The zero-order valence-corrected chi connectivity index (χ0v) is 14.6. The predicted octanol–water partition coefficient (Wildman–Crippen LogP) is 2.51. The van der Waals surface area contributed by atoms with E-state index >= 15 is 0 Å². The van der Waals surface area contributed by atoms with Gasteiger partial charge in [0.05, 0.1) is 23.4 Å². The molecule has 2 aromatic carbocycles. The summed E-state index contributed by atoms with van der Waals surface area (Å²) in [6.07, 6.45) is 1.38. The standard InChI is InChI=1S/C20H15FN4O3/c21-14-7-5-13(6-8-14)16-9-15(23-12-24-16)10-22-19(26)11-25-17-3-1-2-4-18(17)28-20(25)27/h1-9,12H,10-11H2,(H,22,26). The monoisotopic (exact) mass is 378 g/mol. The Hall–Kier alpha value is -3.81. The summed E-state index contributed by atoms with van der Waals surface area (Å²) in [6.45, 7) is 0.00579. The van der Waals surface area contributed by atoms with Crippen molar-refractivity contribution in [1.29, 1.82) is 0 Å². The third-order valence-corrected chi connectivity index (χ3v) is 4.21. The zero-order chi connectivity index (χ0) is 19.5. The summed E-state index contributed by atoms with van der Waals surface area (Å²) in [5.41, 5.74) is 2.94. The van der Waals surface area contributed by atoms with Gasteiger partial charge in [-0.05, 0) is 42.5 Å². The molecule has 0 aliphatic heterocycles. The van der Waals surface area contributed by atoms with Crippen LogP contribution in [0.1, 0.15) is 5.69 Å². The highest BCUT2D eigenvalue weighted by molar-refractivity contribution is 5.79. The molecule has 4 aromatic rings. The average molecular weight is 378 g/mol. The van der Waals surface area contributed by atoms with E-state index in [2.05, 4.69) is 15.3 Å². The van der Waals surface area contributed by atoms with Crippen LogP contribution in [0.4, 0.5) is 4.39 Å². The van der Waals surface area contributed by atoms with Crippen LogP contribution in [0.2, 0.25) is 0 Å². The van der Waals surface area contributed by atoms with E-state index in [1.807, 2.05) is 0 Å². The van der Waals surface area contributed by atoms with Crippen LogP contribution in [0, 0.1) is 5.82 Å². The number of benzene rings is 2. The number of hydrogen-bond donors (Lipinski definition) is 1. The molecule has 0 aliphatic rings. The fourth-order valence-corrected chi connectivity index (χ4v) is 2.83. The second-order valence-electron chi connectivity index (χ2n) is 6.10. The molecule has 1 amide bonds. The minimum atomic E-state index is -0.586. The molecule has 0 saturated heterocycles. The fraction of sp³-hybridized carbons (Fsp3) is 0.100. The quantitative estimate of drug-likeness (QED) is 0.576. The summed E-state index contributed by atoms with van der Waals surface area (Å²) < 4.78 is 19.4. The van der Waals surface area contributed by atoms with Gasteiger partial charge in [-0.15, -0.1) is 0 Å². The third-order valence-electron chi connectivity index (χ3n) is 4.21. The van der Waals surface area contributed by atoms with Gasteiger partial charge in [-0.3, -0.25) is 9.36 Å². The molecule has 8 heteroatoms. The lowest BCUT2D eigenvalue weighted by Gasteiger charge is -2.07. The van der Waals surface area contributed by atoms with Gasteiger partial charge < -0.3 is 9.73 Å². The molecule has 2 aromatic heterocycles. The smallest absolute Gasteiger partial charge is 0.408 e. The molecular weight excluding hydrogens is 363 g/mol. The van der Waals surface area contributed by atoms with E-state index in [4.69, 9.17) is 4.42 Å². The molecule has 0 spiro atoms. The fourth-order valence-electron chi connectivity index (χ4n) is 2.83. The van der Waals surface area contributed by atoms with Crippen molar-refractivity contribution in [3.05, 3.63) is 83.0 Å². The van der Waals surface area contributed by atoms with Crippen LogP contribution < -0.4 is 11.1 Å². The Morgan fingerprint density at radius 1 is 1.11 bits per heavy atom. The van der Waals surface area contributed by atoms with Crippen LogP contribution in [-0.4, -0.2) is 20.4 Å². The molecule has 28 heavy (non-hydrogen) atoms. The van der Waals surface area contributed by atoms with E-state index in [1.165, 1.54) is 23.0 Å². The van der Waals surface area contributed by atoms with Gasteiger partial charge in [0.2, 0.25) is 5.91 Å². The first kappa shape index (κ1) is 17.6. The van der Waals surface area contributed by atoms with Gasteiger partial charge in [0.15, 0.2) is 5.58 Å². The van der Waals surface area contributed by atoms with E-state index in [0.717, 1.165) is 5.56 Å². The molecule has 0 aliphatic carbocycles. The summed E-state index contributed by atoms with van der Waals surface area (Å²) in [5, 5.41) is 2.73. The molecule has 0 fully saturated rings. The van der Waals surface area contributed by atoms with Crippen LogP contribution in [0.3, 0.4) is 0 Å². The highest BCUT2D eigenvalue weighted by Crippen LogP contribution is 2.17. The van der Waals surface area contributed by atoms with Crippen LogP contribution in [0.15, 0.2) is 70.1 Å². The van der Waals surface area contributed by atoms with E-state index in [0.29, 0.717) is 22.5 Å². The van der Waals surface area contributed by atoms with Gasteiger partial charge in [-0.25, -0.2) is 19.2 Å². The summed E-state index contributed by atoms with van der Waals surface area (Å²) in [5.74, 6) is -1.26. The number of rotatable bonds is 5. The number of amides is 1. The number of carbonyl (C=O) groups excluding carboxylic acids is 1. The molecule has 0 radical (unpaired) electrons. The number of para-hydroxylation sites is 2. The number of carbonyl (C=O) groups is 1. The Balaban J connectivity index is 1.45. The minimum Gasteiger partial charge on any atom is -0.408 e. The third kappa shape index (κ3) is 3.66. The first-order valence-electron chi connectivity index (χ1n) is 8.52. The second kappa shape index (κ2) is 7.43. The lowest BCUT2D eigenvalue weighted by molar-refractivity contribution is -0.121. The lowest BCUT2D eigenvalue weighted by atomic mass is 10.1. The first-order valence-corrected chi connectivity index (χ1v) is 8.52. The SMILES string of the molecule is O=C(Cn1c(=O)oc2ccccc21)NCc1cc(-c2ccc(F)cc2)ncn1. The highest BCUT2D eigenvalue weighted by Gasteiger charge is 2.12. The number of hydrogen-bond acceptors (Lipinski definition) is 5. The number of nitrogens with zero attached hydrogens (tertiary/aromatic N) is 3. The molecule has 0 unspecified atom stereocenters. The van der Waals surface area contributed by atoms with Gasteiger partial charge in [0, 0.05) is 5.56 Å². The Bertz CT molecular complexity index is 1200. The molecule has 0 atom stereocenters.